The van der Waals surface area contributed by atoms with Crippen molar-refractivity contribution in [3.05, 3.63) is 33.9 Å². The van der Waals surface area contributed by atoms with Crippen molar-refractivity contribution in [3.63, 3.8) is 0 Å². The van der Waals surface area contributed by atoms with Crippen LogP contribution in [0.2, 0.25) is 0 Å². The number of nitro groups is 1. The molecule has 0 spiro atoms. The molecule has 0 fully saturated rings. The van der Waals surface area contributed by atoms with Gasteiger partial charge >= 0.3 is 0 Å². The molecule has 0 unspecified atom stereocenters. The van der Waals surface area contributed by atoms with E-state index in [1.807, 2.05) is 0 Å². The topological polar surface area (TPSA) is 134 Å². The van der Waals surface area contributed by atoms with Gasteiger partial charge in [0.2, 0.25) is 0 Å². The molecular formula is C12H18N4O5. The smallest absolute Gasteiger partial charge is 0.270 e. The van der Waals surface area contributed by atoms with Crippen molar-refractivity contribution < 1.29 is 20.0 Å². The molecule has 9 nitrogen and oxygen atoms in total. The highest BCUT2D eigenvalue weighted by molar-refractivity contribution is 6.02. The maximum Gasteiger partial charge on any atom is 0.270 e. The van der Waals surface area contributed by atoms with Crippen molar-refractivity contribution >= 4 is 17.2 Å². The molecule has 0 aliphatic carbocycles. The average Bonchev–Trinajstić information content (AvgIpc) is 2.50. The monoisotopic (exact) mass is 298 g/mol. The van der Waals surface area contributed by atoms with Gasteiger partial charge < -0.3 is 25.7 Å². The first-order valence-corrected chi connectivity index (χ1v) is 6.16. The third kappa shape index (κ3) is 4.29. The zero-order valence-electron chi connectivity index (χ0n) is 11.6. The number of benzene rings is 1. The molecule has 1 rings (SSSR count). The number of ether oxygens (including phenoxy) is 1. The van der Waals surface area contributed by atoms with Crippen LogP contribution in [0.15, 0.2) is 23.4 Å². The van der Waals surface area contributed by atoms with E-state index in [1.54, 1.807) is 4.90 Å². The molecular weight excluding hydrogens is 280 g/mol. The summed E-state index contributed by atoms with van der Waals surface area (Å²) < 4.78 is 4.99. The quantitative estimate of drug-likeness (QED) is 0.204. The Balaban J connectivity index is 3.27. The summed E-state index contributed by atoms with van der Waals surface area (Å²) in [7, 11) is 1.54. The van der Waals surface area contributed by atoms with Gasteiger partial charge in [-0.1, -0.05) is 5.16 Å². The highest BCUT2D eigenvalue weighted by atomic mass is 16.6. The normalized spacial score (nSPS) is 11.4. The zero-order chi connectivity index (χ0) is 15.8. The first-order chi connectivity index (χ1) is 10.0. The summed E-state index contributed by atoms with van der Waals surface area (Å²) in [5.74, 6) is -0.242. The minimum absolute atomic E-state index is 0.115. The number of hydrogen-bond acceptors (Lipinski definition) is 7. The van der Waals surface area contributed by atoms with E-state index in [0.29, 0.717) is 18.8 Å². The largest absolute Gasteiger partial charge is 0.409 e. The number of methoxy groups -OCH3 is 1. The van der Waals surface area contributed by atoms with E-state index >= 15 is 0 Å². The summed E-state index contributed by atoms with van der Waals surface area (Å²) in [6.45, 7) is 1.01. The number of aliphatic hydroxyl groups is 1. The average molecular weight is 298 g/mol. The molecule has 116 valence electrons. The molecule has 0 saturated heterocycles. The Morgan fingerprint density at radius 3 is 2.76 bits per heavy atom. The van der Waals surface area contributed by atoms with Crippen molar-refractivity contribution in [1.82, 2.24) is 0 Å². The number of nitro benzene ring substituents is 1. The summed E-state index contributed by atoms with van der Waals surface area (Å²) in [4.78, 5) is 12.0. The summed E-state index contributed by atoms with van der Waals surface area (Å²) in [5.41, 5.74) is 6.15. The van der Waals surface area contributed by atoms with Gasteiger partial charge in [0, 0.05) is 38.0 Å². The van der Waals surface area contributed by atoms with E-state index in [9.17, 15) is 10.1 Å². The van der Waals surface area contributed by atoms with Crippen molar-refractivity contribution in [1.29, 1.82) is 0 Å². The number of rotatable bonds is 8. The minimum Gasteiger partial charge on any atom is -0.409 e. The standard InChI is InChI=1S/C12H18N4O5/c1-21-7-5-15(4-6-17)11-3-2-9(16(19)20)8-10(11)12(13)14-18/h2-3,8,17-18H,4-7H2,1H3,(H2,13,14). The van der Waals surface area contributed by atoms with Gasteiger partial charge in [0.25, 0.3) is 5.69 Å². The lowest BCUT2D eigenvalue weighted by Crippen LogP contribution is -2.32. The highest BCUT2D eigenvalue weighted by Gasteiger charge is 2.18. The third-order valence-electron chi connectivity index (χ3n) is 2.85. The lowest BCUT2D eigenvalue weighted by atomic mass is 10.1. The van der Waals surface area contributed by atoms with Gasteiger partial charge in [-0.05, 0) is 6.07 Å². The predicted octanol–water partition coefficient (Wildman–Crippen LogP) is 0.134. The number of aliphatic hydroxyl groups excluding tert-OH is 1. The second-order valence-corrected chi connectivity index (χ2v) is 4.15. The molecule has 21 heavy (non-hydrogen) atoms. The van der Waals surface area contributed by atoms with Crippen LogP contribution in [0, 0.1) is 10.1 Å². The second-order valence-electron chi connectivity index (χ2n) is 4.15. The number of hydrogen-bond donors (Lipinski definition) is 3. The Labute approximate surface area is 121 Å². The van der Waals surface area contributed by atoms with Gasteiger partial charge in [0.1, 0.15) is 0 Å². The maximum absolute atomic E-state index is 10.8. The molecule has 4 N–H and O–H groups in total. The first-order valence-electron chi connectivity index (χ1n) is 6.16. The zero-order valence-corrected chi connectivity index (χ0v) is 11.6. The van der Waals surface area contributed by atoms with Crippen molar-refractivity contribution in [2.24, 2.45) is 10.9 Å². The van der Waals surface area contributed by atoms with Gasteiger partial charge in [-0.15, -0.1) is 0 Å². The van der Waals surface area contributed by atoms with E-state index in [4.69, 9.17) is 20.8 Å². The molecule has 1 aromatic rings. The number of amidine groups is 1. The molecule has 0 heterocycles. The highest BCUT2D eigenvalue weighted by Crippen LogP contribution is 2.25. The first kappa shape index (κ1) is 16.7. The summed E-state index contributed by atoms with van der Waals surface area (Å²) >= 11 is 0. The molecule has 0 aliphatic rings. The Hall–Kier alpha value is -2.39. The van der Waals surface area contributed by atoms with Crippen LogP contribution in [0.4, 0.5) is 11.4 Å². The van der Waals surface area contributed by atoms with Crippen LogP contribution in [0.5, 0.6) is 0 Å². The summed E-state index contributed by atoms with van der Waals surface area (Å²) in [6.07, 6.45) is 0. The van der Waals surface area contributed by atoms with Gasteiger partial charge in [0.05, 0.1) is 23.7 Å². The minimum atomic E-state index is -0.566. The molecule has 0 radical (unpaired) electrons. The Morgan fingerprint density at radius 1 is 1.52 bits per heavy atom. The van der Waals surface area contributed by atoms with Crippen LogP contribution in [-0.2, 0) is 4.74 Å². The predicted molar refractivity (Wildman–Crippen MR) is 76.8 cm³/mol. The molecule has 0 aliphatic heterocycles. The summed E-state index contributed by atoms with van der Waals surface area (Å²) in [6, 6.07) is 4.04. The van der Waals surface area contributed by atoms with Crippen molar-refractivity contribution in [2.45, 2.75) is 0 Å². The van der Waals surface area contributed by atoms with E-state index in [-0.39, 0.29) is 30.2 Å². The fourth-order valence-corrected chi connectivity index (χ4v) is 1.85. The van der Waals surface area contributed by atoms with E-state index in [0.717, 1.165) is 0 Å². The number of nitrogens with zero attached hydrogens (tertiary/aromatic N) is 3. The van der Waals surface area contributed by atoms with Crippen LogP contribution in [0.1, 0.15) is 5.56 Å². The Morgan fingerprint density at radius 2 is 2.24 bits per heavy atom. The third-order valence-corrected chi connectivity index (χ3v) is 2.85. The lowest BCUT2D eigenvalue weighted by Gasteiger charge is -2.25. The van der Waals surface area contributed by atoms with E-state index < -0.39 is 4.92 Å². The molecule has 1 aromatic carbocycles. The second kappa shape index (κ2) is 8.02. The molecule has 0 aromatic heterocycles. The fraction of sp³-hybridized carbons (Fsp3) is 0.417. The number of nitrogens with two attached hydrogens (primary N) is 1. The molecule has 0 atom stereocenters. The summed E-state index contributed by atoms with van der Waals surface area (Å²) in [5, 5.41) is 31.7. The molecule has 9 heteroatoms. The van der Waals surface area contributed by atoms with Crippen molar-refractivity contribution in [3.8, 4) is 0 Å². The van der Waals surface area contributed by atoms with Gasteiger partial charge in [-0.2, -0.15) is 0 Å². The van der Waals surface area contributed by atoms with Gasteiger partial charge in [0.15, 0.2) is 5.84 Å². The Kier molecular flexibility index (Phi) is 6.37. The van der Waals surface area contributed by atoms with E-state index in [2.05, 4.69) is 5.16 Å². The van der Waals surface area contributed by atoms with Crippen molar-refractivity contribution in [2.75, 3.05) is 38.3 Å². The van der Waals surface area contributed by atoms with Crippen LogP contribution < -0.4 is 10.6 Å². The SMILES string of the molecule is COCCN(CCO)c1ccc([N+](=O)[O-])cc1/C(N)=N/O. The number of anilines is 1. The lowest BCUT2D eigenvalue weighted by molar-refractivity contribution is -0.384. The fourth-order valence-electron chi connectivity index (χ4n) is 1.85. The Bertz CT molecular complexity index is 520. The van der Waals surface area contributed by atoms with E-state index in [1.165, 1.54) is 25.3 Å². The number of non-ortho nitro benzene ring substituents is 1. The van der Waals surface area contributed by atoms with Gasteiger partial charge in [-0.25, -0.2) is 0 Å². The maximum atomic E-state index is 10.8. The van der Waals surface area contributed by atoms with Crippen LogP contribution >= 0.6 is 0 Å². The van der Waals surface area contributed by atoms with Crippen LogP contribution in [0.3, 0.4) is 0 Å². The van der Waals surface area contributed by atoms with Crippen LogP contribution in [-0.4, -0.2) is 54.5 Å². The molecule has 0 saturated carbocycles. The molecule has 0 amide bonds. The number of oxime groups is 1. The van der Waals surface area contributed by atoms with Gasteiger partial charge in [-0.3, -0.25) is 10.1 Å². The molecule has 0 bridgehead atoms. The van der Waals surface area contributed by atoms with Crippen LogP contribution in [0.25, 0.3) is 0 Å².